The number of carbonyl (C=O) groups excluding carboxylic acids is 1. The molecular formula is C11H16O2S2. The van der Waals surface area contributed by atoms with Crippen LogP contribution in [0.3, 0.4) is 0 Å². The molecule has 0 N–H and O–H groups in total. The van der Waals surface area contributed by atoms with E-state index in [0.29, 0.717) is 5.92 Å². The van der Waals surface area contributed by atoms with Crippen molar-refractivity contribution in [2.45, 2.75) is 31.8 Å². The SMILES string of the molecule is CSC(SC)=C1C(=O)OC2CCCCC12. The van der Waals surface area contributed by atoms with Crippen molar-refractivity contribution in [3.8, 4) is 0 Å². The number of ether oxygens (including phenoxy) is 1. The Bertz CT molecular complexity index is 293. The summed E-state index contributed by atoms with van der Waals surface area (Å²) in [5.41, 5.74) is 0.958. The van der Waals surface area contributed by atoms with E-state index in [-0.39, 0.29) is 12.1 Å². The molecule has 84 valence electrons. The van der Waals surface area contributed by atoms with E-state index in [9.17, 15) is 4.79 Å². The Morgan fingerprint density at radius 3 is 2.60 bits per heavy atom. The van der Waals surface area contributed by atoms with E-state index >= 15 is 0 Å². The van der Waals surface area contributed by atoms with Gasteiger partial charge in [0.1, 0.15) is 6.10 Å². The molecule has 2 unspecified atom stereocenters. The number of hydrogen-bond donors (Lipinski definition) is 0. The maximum atomic E-state index is 11.8. The molecular weight excluding hydrogens is 228 g/mol. The Balaban J connectivity index is 2.30. The standard InChI is InChI=1S/C11H16O2S2/c1-14-11(15-2)9-7-5-3-4-6-8(7)13-10(9)12/h7-8H,3-6H2,1-2H3. The van der Waals surface area contributed by atoms with Crippen molar-refractivity contribution >= 4 is 29.5 Å². The molecule has 0 aromatic heterocycles. The third-order valence-corrected chi connectivity index (χ3v) is 5.32. The van der Waals surface area contributed by atoms with Gasteiger partial charge in [-0.1, -0.05) is 6.42 Å². The summed E-state index contributed by atoms with van der Waals surface area (Å²) in [6, 6.07) is 0. The summed E-state index contributed by atoms with van der Waals surface area (Å²) in [7, 11) is 0. The van der Waals surface area contributed by atoms with Gasteiger partial charge in [-0.25, -0.2) is 4.79 Å². The van der Waals surface area contributed by atoms with Crippen molar-refractivity contribution in [1.82, 2.24) is 0 Å². The molecule has 4 heteroatoms. The second-order valence-electron chi connectivity index (χ2n) is 3.94. The van der Waals surface area contributed by atoms with E-state index in [4.69, 9.17) is 4.74 Å². The van der Waals surface area contributed by atoms with Crippen LogP contribution < -0.4 is 0 Å². The van der Waals surface area contributed by atoms with Crippen LogP contribution in [0.4, 0.5) is 0 Å². The molecule has 2 fully saturated rings. The molecule has 0 aromatic rings. The largest absolute Gasteiger partial charge is 0.458 e. The summed E-state index contributed by atoms with van der Waals surface area (Å²) in [5, 5.41) is 0. The molecule has 0 spiro atoms. The minimum Gasteiger partial charge on any atom is -0.458 e. The van der Waals surface area contributed by atoms with Gasteiger partial charge in [0.2, 0.25) is 0 Å². The van der Waals surface area contributed by atoms with E-state index in [0.717, 1.165) is 22.7 Å². The lowest BCUT2D eigenvalue weighted by Gasteiger charge is -2.23. The summed E-state index contributed by atoms with van der Waals surface area (Å²) in [6.07, 6.45) is 8.85. The monoisotopic (exact) mass is 244 g/mol. The highest BCUT2D eigenvalue weighted by molar-refractivity contribution is 8.21. The molecule has 2 nitrogen and oxygen atoms in total. The van der Waals surface area contributed by atoms with Gasteiger partial charge in [0.25, 0.3) is 0 Å². The molecule has 1 saturated carbocycles. The topological polar surface area (TPSA) is 26.3 Å². The number of thioether (sulfide) groups is 2. The Kier molecular flexibility index (Phi) is 3.67. The van der Waals surface area contributed by atoms with Gasteiger partial charge < -0.3 is 4.74 Å². The fraction of sp³-hybridized carbons (Fsp3) is 0.727. The molecule has 1 saturated heterocycles. The lowest BCUT2D eigenvalue weighted by Crippen LogP contribution is -2.21. The van der Waals surface area contributed by atoms with Crippen LogP contribution in [0.5, 0.6) is 0 Å². The Hall–Kier alpha value is -0.0900. The van der Waals surface area contributed by atoms with Crippen LogP contribution in [0.25, 0.3) is 0 Å². The molecule has 2 rings (SSSR count). The highest BCUT2D eigenvalue weighted by atomic mass is 32.2. The fourth-order valence-corrected chi connectivity index (χ4v) is 4.03. The van der Waals surface area contributed by atoms with Gasteiger partial charge in [-0.3, -0.25) is 0 Å². The van der Waals surface area contributed by atoms with Crippen molar-refractivity contribution in [3.63, 3.8) is 0 Å². The number of carbonyl (C=O) groups is 1. The van der Waals surface area contributed by atoms with Gasteiger partial charge in [0.05, 0.1) is 9.81 Å². The molecule has 0 radical (unpaired) electrons. The Labute approximate surface area is 99.2 Å². The first-order valence-corrected chi connectivity index (χ1v) is 7.76. The number of esters is 1. The van der Waals surface area contributed by atoms with E-state index in [1.54, 1.807) is 23.5 Å². The molecule has 1 heterocycles. The summed E-state index contributed by atoms with van der Waals surface area (Å²) in [5.74, 6) is 0.312. The van der Waals surface area contributed by atoms with Gasteiger partial charge in [0, 0.05) is 5.92 Å². The minimum atomic E-state index is -0.0643. The molecule has 15 heavy (non-hydrogen) atoms. The normalized spacial score (nSPS) is 30.0. The van der Waals surface area contributed by atoms with E-state index < -0.39 is 0 Å². The lowest BCUT2D eigenvalue weighted by atomic mass is 9.84. The molecule has 0 amide bonds. The van der Waals surface area contributed by atoms with Crippen LogP contribution in [0.1, 0.15) is 25.7 Å². The second-order valence-corrected chi connectivity index (χ2v) is 5.84. The average Bonchev–Trinajstić information content (AvgIpc) is 2.58. The number of hydrogen-bond acceptors (Lipinski definition) is 4. The molecule has 2 atom stereocenters. The van der Waals surface area contributed by atoms with Crippen LogP contribution in [0.2, 0.25) is 0 Å². The Morgan fingerprint density at radius 1 is 1.27 bits per heavy atom. The highest BCUT2D eigenvalue weighted by Crippen LogP contribution is 2.43. The molecule has 1 aliphatic heterocycles. The molecule has 2 aliphatic rings. The van der Waals surface area contributed by atoms with Crippen molar-refractivity contribution in [1.29, 1.82) is 0 Å². The smallest absolute Gasteiger partial charge is 0.336 e. The van der Waals surface area contributed by atoms with E-state index in [2.05, 4.69) is 0 Å². The number of fused-ring (bicyclic) bond motifs is 1. The van der Waals surface area contributed by atoms with Gasteiger partial charge in [-0.2, -0.15) is 0 Å². The summed E-state index contributed by atoms with van der Waals surface area (Å²) >= 11 is 3.34. The predicted molar refractivity (Wildman–Crippen MR) is 65.9 cm³/mol. The lowest BCUT2D eigenvalue weighted by molar-refractivity contribution is -0.139. The quantitative estimate of drug-likeness (QED) is 0.551. The van der Waals surface area contributed by atoms with Crippen LogP contribution >= 0.6 is 23.5 Å². The van der Waals surface area contributed by atoms with Crippen molar-refractivity contribution in [2.24, 2.45) is 5.92 Å². The maximum absolute atomic E-state index is 11.8. The van der Waals surface area contributed by atoms with Crippen LogP contribution in [-0.2, 0) is 9.53 Å². The fourth-order valence-electron chi connectivity index (χ4n) is 2.46. The summed E-state index contributed by atoms with van der Waals surface area (Å²) < 4.78 is 6.59. The highest BCUT2D eigenvalue weighted by Gasteiger charge is 2.42. The third kappa shape index (κ3) is 2.07. The van der Waals surface area contributed by atoms with Crippen LogP contribution in [0, 0.1) is 5.92 Å². The van der Waals surface area contributed by atoms with Gasteiger partial charge in [0.15, 0.2) is 0 Å². The summed E-state index contributed by atoms with van der Waals surface area (Å²) in [6.45, 7) is 0. The first-order valence-electron chi connectivity index (χ1n) is 5.31. The molecule has 1 aliphatic carbocycles. The second kappa shape index (κ2) is 4.83. The Morgan fingerprint density at radius 2 is 1.93 bits per heavy atom. The maximum Gasteiger partial charge on any atom is 0.336 e. The summed E-state index contributed by atoms with van der Waals surface area (Å²) in [4.78, 5) is 11.8. The molecule has 0 bridgehead atoms. The van der Waals surface area contributed by atoms with Crippen molar-refractivity contribution in [3.05, 3.63) is 9.81 Å². The first kappa shape index (κ1) is 11.4. The molecule has 0 aromatic carbocycles. The minimum absolute atomic E-state index is 0.0643. The first-order chi connectivity index (χ1) is 7.27. The van der Waals surface area contributed by atoms with Crippen LogP contribution in [0.15, 0.2) is 9.81 Å². The zero-order valence-electron chi connectivity index (χ0n) is 9.12. The van der Waals surface area contributed by atoms with E-state index in [1.807, 2.05) is 12.5 Å². The average molecular weight is 244 g/mol. The van der Waals surface area contributed by atoms with E-state index in [1.165, 1.54) is 12.8 Å². The zero-order chi connectivity index (χ0) is 10.8. The van der Waals surface area contributed by atoms with Crippen LogP contribution in [-0.4, -0.2) is 24.6 Å². The van der Waals surface area contributed by atoms with Crippen molar-refractivity contribution in [2.75, 3.05) is 12.5 Å². The van der Waals surface area contributed by atoms with Crippen molar-refractivity contribution < 1.29 is 9.53 Å². The third-order valence-electron chi connectivity index (χ3n) is 3.14. The van der Waals surface area contributed by atoms with Gasteiger partial charge in [-0.15, -0.1) is 23.5 Å². The zero-order valence-corrected chi connectivity index (χ0v) is 10.7. The number of rotatable bonds is 2. The van der Waals surface area contributed by atoms with Gasteiger partial charge in [-0.05, 0) is 31.8 Å². The van der Waals surface area contributed by atoms with Gasteiger partial charge >= 0.3 is 5.97 Å². The predicted octanol–water partition coefficient (Wildman–Crippen LogP) is 3.04.